The van der Waals surface area contributed by atoms with E-state index >= 15 is 0 Å². The molecular formula is C30H33BrN4O2. The highest BCUT2D eigenvalue weighted by molar-refractivity contribution is 9.10. The molecule has 0 aliphatic carbocycles. The van der Waals surface area contributed by atoms with Gasteiger partial charge in [0, 0.05) is 47.6 Å². The molecule has 0 radical (unpaired) electrons. The molecule has 0 saturated carbocycles. The molecule has 6 nitrogen and oxygen atoms in total. The summed E-state index contributed by atoms with van der Waals surface area (Å²) in [5.41, 5.74) is 3.96. The molecule has 37 heavy (non-hydrogen) atoms. The average Bonchev–Trinajstić information content (AvgIpc) is 3.32. The molecule has 4 aromatic rings. The van der Waals surface area contributed by atoms with Gasteiger partial charge in [-0.15, -0.1) is 0 Å². The Hall–Kier alpha value is -3.42. The van der Waals surface area contributed by atoms with Crippen LogP contribution in [-0.4, -0.2) is 53.8 Å². The van der Waals surface area contributed by atoms with E-state index in [9.17, 15) is 9.59 Å². The lowest BCUT2D eigenvalue weighted by Gasteiger charge is -2.32. The highest BCUT2D eigenvalue weighted by atomic mass is 79.9. The summed E-state index contributed by atoms with van der Waals surface area (Å²) in [6.07, 6.45) is 2.95. The van der Waals surface area contributed by atoms with Crippen molar-refractivity contribution in [2.24, 2.45) is 0 Å². The monoisotopic (exact) mass is 560 g/mol. The summed E-state index contributed by atoms with van der Waals surface area (Å²) in [5, 5.41) is 4.21. The Morgan fingerprint density at radius 3 is 2.38 bits per heavy atom. The van der Waals surface area contributed by atoms with Crippen LogP contribution in [-0.2, 0) is 22.6 Å². The third-order valence-corrected chi connectivity index (χ3v) is 7.18. The number of carbonyl (C=O) groups is 2. The molecule has 0 bridgehead atoms. The van der Waals surface area contributed by atoms with Gasteiger partial charge in [-0.1, -0.05) is 82.7 Å². The number of carbonyl (C=O) groups excluding carboxylic acids is 2. The topological polar surface area (TPSA) is 68.4 Å². The number of aromatic amines is 1. The Morgan fingerprint density at radius 1 is 0.919 bits per heavy atom. The number of nitrogens with one attached hydrogen (secondary N) is 2. The van der Waals surface area contributed by atoms with Crippen molar-refractivity contribution < 1.29 is 9.59 Å². The Morgan fingerprint density at radius 2 is 1.62 bits per heavy atom. The number of aromatic nitrogens is 1. The fourth-order valence-electron chi connectivity index (χ4n) is 4.47. The standard InChI is InChI=1S/C30H33BrN4O2/c1-34(2)18-17-28(36)35(19-16-23-21-32-27-15-9-7-12-24(23)27)29(25-13-6-8-14-26(25)31)30(37)33-20-22-10-4-3-5-11-22/h3-15,21,29,32H,16-20H2,1-2H3,(H,33,37). The summed E-state index contributed by atoms with van der Waals surface area (Å²) in [6.45, 7) is 1.42. The minimum atomic E-state index is -0.765. The van der Waals surface area contributed by atoms with Crippen LogP contribution in [0.4, 0.5) is 0 Å². The minimum absolute atomic E-state index is 0.0517. The number of fused-ring (bicyclic) bond motifs is 1. The van der Waals surface area contributed by atoms with Crippen LogP contribution in [0, 0.1) is 0 Å². The maximum atomic E-state index is 13.8. The number of amides is 2. The van der Waals surface area contributed by atoms with E-state index in [2.05, 4.69) is 32.3 Å². The smallest absolute Gasteiger partial charge is 0.247 e. The Kier molecular flexibility index (Phi) is 9.14. The first-order valence-corrected chi connectivity index (χ1v) is 13.3. The van der Waals surface area contributed by atoms with E-state index in [1.54, 1.807) is 4.90 Å². The molecule has 4 rings (SSSR count). The van der Waals surface area contributed by atoms with Gasteiger partial charge in [0.25, 0.3) is 0 Å². The number of para-hydroxylation sites is 1. The molecule has 3 aromatic carbocycles. The van der Waals surface area contributed by atoms with Crippen molar-refractivity contribution in [2.75, 3.05) is 27.2 Å². The maximum absolute atomic E-state index is 13.8. The molecule has 1 aromatic heterocycles. The first kappa shape index (κ1) is 26.6. The third kappa shape index (κ3) is 6.87. The second-order valence-corrected chi connectivity index (χ2v) is 10.2. The highest BCUT2D eigenvalue weighted by Gasteiger charge is 2.32. The number of H-pyrrole nitrogens is 1. The van der Waals surface area contributed by atoms with Gasteiger partial charge in [0.2, 0.25) is 11.8 Å². The Labute approximate surface area is 226 Å². The normalized spacial score (nSPS) is 12.0. The number of hydrogen-bond acceptors (Lipinski definition) is 3. The number of halogens is 1. The van der Waals surface area contributed by atoms with Crippen molar-refractivity contribution >= 4 is 38.6 Å². The van der Waals surface area contributed by atoms with Gasteiger partial charge in [-0.3, -0.25) is 9.59 Å². The van der Waals surface area contributed by atoms with Crippen molar-refractivity contribution in [3.05, 3.63) is 106 Å². The SMILES string of the molecule is CN(C)CCC(=O)N(CCc1c[nH]c2ccccc12)C(C(=O)NCc1ccccc1)c1ccccc1Br. The number of nitrogens with zero attached hydrogens (tertiary/aromatic N) is 2. The molecule has 0 spiro atoms. The number of rotatable bonds is 11. The summed E-state index contributed by atoms with van der Waals surface area (Å²) in [4.78, 5) is 34.5. The lowest BCUT2D eigenvalue weighted by atomic mass is 10.0. The van der Waals surface area contributed by atoms with E-state index < -0.39 is 6.04 Å². The predicted molar refractivity (Wildman–Crippen MR) is 152 cm³/mol. The fraction of sp³-hybridized carbons (Fsp3) is 0.267. The minimum Gasteiger partial charge on any atom is -0.361 e. The molecule has 0 aliphatic rings. The predicted octanol–water partition coefficient (Wildman–Crippen LogP) is 5.31. The van der Waals surface area contributed by atoms with E-state index in [-0.39, 0.29) is 11.8 Å². The molecule has 2 amide bonds. The molecule has 192 valence electrons. The van der Waals surface area contributed by atoms with Gasteiger partial charge in [-0.2, -0.15) is 0 Å². The Balaban J connectivity index is 1.65. The zero-order valence-corrected chi connectivity index (χ0v) is 22.9. The van der Waals surface area contributed by atoms with Gasteiger partial charge in [-0.25, -0.2) is 0 Å². The molecule has 2 N–H and O–H groups in total. The first-order chi connectivity index (χ1) is 17.9. The van der Waals surface area contributed by atoms with Gasteiger partial charge in [-0.05, 0) is 49.3 Å². The summed E-state index contributed by atoms with van der Waals surface area (Å²) in [6, 6.07) is 24.8. The average molecular weight is 562 g/mol. The fourth-order valence-corrected chi connectivity index (χ4v) is 4.97. The van der Waals surface area contributed by atoms with Crippen LogP contribution in [0.1, 0.15) is 29.2 Å². The molecule has 0 fully saturated rings. The summed E-state index contributed by atoms with van der Waals surface area (Å²) >= 11 is 3.63. The summed E-state index contributed by atoms with van der Waals surface area (Å²) in [5.74, 6) is -0.253. The van der Waals surface area contributed by atoms with Crippen molar-refractivity contribution in [1.29, 1.82) is 0 Å². The van der Waals surface area contributed by atoms with E-state index in [1.165, 1.54) is 0 Å². The number of hydrogen-bond donors (Lipinski definition) is 2. The zero-order valence-electron chi connectivity index (χ0n) is 21.3. The van der Waals surface area contributed by atoms with Crippen LogP contribution in [0.3, 0.4) is 0 Å². The number of benzene rings is 3. The van der Waals surface area contributed by atoms with Crippen LogP contribution < -0.4 is 5.32 Å². The van der Waals surface area contributed by atoms with Crippen molar-refractivity contribution in [2.45, 2.75) is 25.4 Å². The van der Waals surface area contributed by atoms with Gasteiger partial charge >= 0.3 is 0 Å². The first-order valence-electron chi connectivity index (χ1n) is 12.5. The van der Waals surface area contributed by atoms with Crippen LogP contribution in [0.5, 0.6) is 0 Å². The lowest BCUT2D eigenvalue weighted by molar-refractivity contribution is -0.141. The van der Waals surface area contributed by atoms with Crippen molar-refractivity contribution in [3.8, 4) is 0 Å². The quantitative estimate of drug-likeness (QED) is 0.261. The summed E-state index contributed by atoms with van der Waals surface area (Å²) in [7, 11) is 3.89. The molecule has 1 heterocycles. The molecule has 1 unspecified atom stereocenters. The van der Waals surface area contributed by atoms with E-state index in [4.69, 9.17) is 0 Å². The molecule has 0 aliphatic heterocycles. The van der Waals surface area contributed by atoms with Crippen LogP contribution in [0.2, 0.25) is 0 Å². The molecule has 7 heteroatoms. The van der Waals surface area contributed by atoms with Crippen LogP contribution in [0.25, 0.3) is 10.9 Å². The zero-order chi connectivity index (χ0) is 26.2. The summed E-state index contributed by atoms with van der Waals surface area (Å²) < 4.78 is 0.798. The van der Waals surface area contributed by atoms with E-state index in [0.717, 1.165) is 32.1 Å². The van der Waals surface area contributed by atoms with Gasteiger partial charge in [0.15, 0.2) is 0 Å². The van der Waals surface area contributed by atoms with Crippen molar-refractivity contribution in [1.82, 2.24) is 20.1 Å². The van der Waals surface area contributed by atoms with E-state index in [0.29, 0.717) is 32.5 Å². The van der Waals surface area contributed by atoms with Crippen molar-refractivity contribution in [3.63, 3.8) is 0 Å². The van der Waals surface area contributed by atoms with Gasteiger partial charge in [0.05, 0.1) is 0 Å². The van der Waals surface area contributed by atoms with Gasteiger partial charge < -0.3 is 20.1 Å². The second kappa shape index (κ2) is 12.7. The van der Waals surface area contributed by atoms with Crippen LogP contribution in [0.15, 0.2) is 89.5 Å². The largest absolute Gasteiger partial charge is 0.361 e. The van der Waals surface area contributed by atoms with Gasteiger partial charge in [0.1, 0.15) is 6.04 Å². The molecule has 0 saturated heterocycles. The second-order valence-electron chi connectivity index (χ2n) is 9.38. The highest BCUT2D eigenvalue weighted by Crippen LogP contribution is 2.30. The third-order valence-electron chi connectivity index (χ3n) is 6.46. The lowest BCUT2D eigenvalue weighted by Crippen LogP contribution is -2.45. The Bertz CT molecular complexity index is 1340. The van der Waals surface area contributed by atoms with E-state index in [1.807, 2.05) is 98.0 Å². The molecular weight excluding hydrogens is 528 g/mol. The van der Waals surface area contributed by atoms with Crippen LogP contribution >= 0.6 is 15.9 Å². The molecule has 1 atom stereocenters. The maximum Gasteiger partial charge on any atom is 0.247 e.